The molecule has 274 valence electrons. The van der Waals surface area contributed by atoms with Crippen molar-refractivity contribution >= 4 is 72.5 Å². The molecule has 3 aliphatic heterocycles. The van der Waals surface area contributed by atoms with Gasteiger partial charge in [-0.05, 0) is 74.4 Å². The number of ether oxygens (including phenoxy) is 1. The lowest BCUT2D eigenvalue weighted by atomic mass is 9.79. The Morgan fingerprint density at radius 3 is 2.72 bits per heavy atom. The first kappa shape index (κ1) is 34.4. The van der Waals surface area contributed by atoms with E-state index in [9.17, 15) is 10.1 Å². The van der Waals surface area contributed by atoms with Gasteiger partial charge in [-0.1, -0.05) is 47.5 Å². The summed E-state index contributed by atoms with van der Waals surface area (Å²) in [6, 6.07) is 20.0. The number of carbonyl (C=O) groups excluding carboxylic acids is 1. The number of thiazole rings is 1. The van der Waals surface area contributed by atoms with Crippen LogP contribution in [0.5, 0.6) is 0 Å². The van der Waals surface area contributed by atoms with Gasteiger partial charge >= 0.3 is 0 Å². The number of amides is 1. The van der Waals surface area contributed by atoms with Crippen LogP contribution in [0.2, 0.25) is 10.0 Å². The summed E-state index contributed by atoms with van der Waals surface area (Å²) in [4.78, 5) is 25.9. The smallest absolute Gasteiger partial charge is 0.226 e. The molecule has 3 aromatic heterocycles. The molecule has 1 N–H and O–H groups in total. The van der Waals surface area contributed by atoms with E-state index in [1.807, 2.05) is 31.2 Å². The number of nitrogens with one attached hydrogen (secondary N) is 1. The van der Waals surface area contributed by atoms with Crippen LogP contribution >= 0.6 is 34.5 Å². The molecule has 5 aliphatic rings. The predicted octanol–water partition coefficient (Wildman–Crippen LogP) is 9.48. The normalized spacial score (nSPS) is 23.5. The number of hydrogen-bond acceptors (Lipinski definition) is 7. The maximum atomic E-state index is 17.2. The summed E-state index contributed by atoms with van der Waals surface area (Å²) < 4.78 is 27.4. The molecule has 11 rings (SSSR count). The highest BCUT2D eigenvalue weighted by Gasteiger charge is 2.51. The summed E-state index contributed by atoms with van der Waals surface area (Å²) in [7, 11) is 0. The first-order valence-corrected chi connectivity index (χ1v) is 20.3. The summed E-state index contributed by atoms with van der Waals surface area (Å²) >= 11 is 14.8. The van der Waals surface area contributed by atoms with Crippen LogP contribution in [-0.2, 0) is 22.6 Å². The predicted molar refractivity (Wildman–Crippen MR) is 210 cm³/mol. The number of likely N-dealkylation sites (tertiary alicyclic amines) is 1. The summed E-state index contributed by atoms with van der Waals surface area (Å²) in [5.41, 5.74) is 5.39. The van der Waals surface area contributed by atoms with E-state index in [0.29, 0.717) is 64.7 Å². The van der Waals surface area contributed by atoms with Crippen molar-refractivity contribution in [3.8, 4) is 17.2 Å². The van der Waals surface area contributed by atoms with Crippen LogP contribution in [0, 0.1) is 35.9 Å². The summed E-state index contributed by atoms with van der Waals surface area (Å²) in [6.07, 6.45) is 3.93. The number of fused-ring (bicyclic) bond motifs is 5. The quantitative estimate of drug-likeness (QED) is 0.157. The van der Waals surface area contributed by atoms with Gasteiger partial charge in [-0.2, -0.15) is 5.26 Å². The van der Waals surface area contributed by atoms with Crippen molar-refractivity contribution in [3.63, 3.8) is 0 Å². The lowest BCUT2D eigenvalue weighted by Gasteiger charge is -2.39. The van der Waals surface area contributed by atoms with Gasteiger partial charge in [0.25, 0.3) is 0 Å². The third kappa shape index (κ3) is 5.54. The van der Waals surface area contributed by atoms with E-state index in [0.717, 1.165) is 57.6 Å². The van der Waals surface area contributed by atoms with Crippen LogP contribution in [0.1, 0.15) is 66.1 Å². The van der Waals surface area contributed by atoms with Crippen LogP contribution < -0.4 is 5.32 Å². The SMILES string of the molecule is Cc1nc2c(F)c(-c3cccc(Cl)c3Cl)c(CCC#N)cc2c2c1cc(C1CC(OCc3nc4ccccc4s3)CN1C(=O)C1CC1)n2C1C2CNC1C2. The van der Waals surface area contributed by atoms with Gasteiger partial charge in [0.2, 0.25) is 5.91 Å². The molecule has 2 bridgehead atoms. The van der Waals surface area contributed by atoms with Gasteiger partial charge in [0.1, 0.15) is 10.5 Å². The van der Waals surface area contributed by atoms with Crippen LogP contribution in [0.3, 0.4) is 0 Å². The number of pyridine rings is 1. The Labute approximate surface area is 325 Å². The molecule has 2 aliphatic carbocycles. The van der Waals surface area contributed by atoms with Crippen LogP contribution in [0.15, 0.2) is 54.6 Å². The number of aryl methyl sites for hydroxylation is 2. The topological polar surface area (TPSA) is 96.1 Å². The Hall–Kier alpha value is -4.11. The number of hydrogen-bond donors (Lipinski definition) is 1. The molecule has 12 heteroatoms. The monoisotopic (exact) mass is 778 g/mol. The average Bonchev–Trinajstić information content (AvgIpc) is 3.60. The van der Waals surface area contributed by atoms with E-state index in [1.165, 1.54) is 0 Å². The molecule has 6 aromatic rings. The van der Waals surface area contributed by atoms with Crippen LogP contribution in [0.25, 0.3) is 43.1 Å². The first-order valence-electron chi connectivity index (χ1n) is 18.8. The third-order valence-corrected chi connectivity index (χ3v) is 13.9. The van der Waals surface area contributed by atoms with Crippen LogP contribution in [-0.4, -0.2) is 50.6 Å². The Morgan fingerprint density at radius 1 is 1.11 bits per heavy atom. The van der Waals surface area contributed by atoms with Gasteiger partial charge in [-0.25, -0.2) is 14.4 Å². The number of nitriles is 1. The van der Waals surface area contributed by atoms with Crippen molar-refractivity contribution < 1.29 is 13.9 Å². The number of aromatic nitrogens is 3. The summed E-state index contributed by atoms with van der Waals surface area (Å²) in [5.74, 6) is 0.173. The number of carbonyl (C=O) groups is 1. The molecular formula is C42H37Cl2FN6O2S. The fourth-order valence-electron chi connectivity index (χ4n) is 9.28. The zero-order chi connectivity index (χ0) is 36.8. The Balaban J connectivity index is 1.13. The molecular weight excluding hydrogens is 742 g/mol. The van der Waals surface area contributed by atoms with Crippen molar-refractivity contribution in [2.24, 2.45) is 11.8 Å². The highest BCUT2D eigenvalue weighted by atomic mass is 35.5. The van der Waals surface area contributed by atoms with Crippen molar-refractivity contribution in [1.29, 1.82) is 5.26 Å². The molecule has 1 amide bonds. The fourth-order valence-corrected chi connectivity index (χ4v) is 10.6. The second-order valence-corrected chi connectivity index (χ2v) is 17.2. The van der Waals surface area contributed by atoms with Gasteiger partial charge in [0, 0.05) is 71.2 Å². The van der Waals surface area contributed by atoms with E-state index in [2.05, 4.69) is 33.0 Å². The lowest BCUT2D eigenvalue weighted by Crippen LogP contribution is -2.41. The molecule has 6 heterocycles. The molecule has 5 unspecified atom stereocenters. The Kier molecular flexibility index (Phi) is 8.46. The van der Waals surface area contributed by atoms with Crippen LogP contribution in [0.4, 0.5) is 4.39 Å². The zero-order valence-corrected chi connectivity index (χ0v) is 31.9. The van der Waals surface area contributed by atoms with Gasteiger partial charge < -0.3 is 19.5 Å². The molecule has 3 aromatic carbocycles. The Bertz CT molecular complexity index is 2510. The van der Waals surface area contributed by atoms with Gasteiger partial charge in [0.05, 0.1) is 56.6 Å². The van der Waals surface area contributed by atoms with E-state index in [4.69, 9.17) is 37.9 Å². The maximum Gasteiger partial charge on any atom is 0.226 e. The minimum absolute atomic E-state index is 0.0487. The molecule has 5 fully saturated rings. The number of benzene rings is 3. The molecule has 0 radical (unpaired) electrons. The minimum atomic E-state index is -0.478. The molecule has 3 saturated heterocycles. The Morgan fingerprint density at radius 2 is 1.96 bits per heavy atom. The van der Waals surface area contributed by atoms with E-state index < -0.39 is 5.82 Å². The summed E-state index contributed by atoms with van der Waals surface area (Å²) in [6.45, 7) is 3.75. The molecule has 54 heavy (non-hydrogen) atoms. The highest BCUT2D eigenvalue weighted by molar-refractivity contribution is 7.18. The second-order valence-electron chi connectivity index (χ2n) is 15.3. The van der Waals surface area contributed by atoms with Gasteiger partial charge in [-0.15, -0.1) is 11.3 Å². The van der Waals surface area contributed by atoms with Gasteiger partial charge in [-0.3, -0.25) is 4.79 Å². The summed E-state index contributed by atoms with van der Waals surface area (Å²) in [5, 5.41) is 16.5. The molecule has 5 atom stereocenters. The third-order valence-electron chi connectivity index (χ3n) is 12.0. The van der Waals surface area contributed by atoms with Crippen molar-refractivity contribution in [1.82, 2.24) is 24.8 Å². The van der Waals surface area contributed by atoms with Crippen molar-refractivity contribution in [3.05, 3.63) is 92.4 Å². The molecule has 0 spiro atoms. The minimum Gasteiger partial charge on any atom is -0.369 e. The standard InChI is InChI=1S/C42H37Cl2FN6O2S/c1-21-27-17-33(32-16-25(19-50(32)42(52)22-11-12-22)53-20-35-49-30-9-2-3-10-34(30)54-35)51(40-24-15-31(40)47-18-24)41(27)28-14-23(6-5-13-46)36(38(45)39(28)48-21)26-7-4-8-29(43)37(26)44/h2-4,7-10,14,17,22,24-25,31-32,40,47H,5-6,11-12,15-16,18-20H2,1H3. The van der Waals surface area contributed by atoms with Crippen molar-refractivity contribution in [2.45, 2.75) is 76.3 Å². The lowest BCUT2D eigenvalue weighted by molar-refractivity contribution is -0.134. The van der Waals surface area contributed by atoms with Crippen molar-refractivity contribution in [2.75, 3.05) is 13.1 Å². The number of rotatable bonds is 9. The van der Waals surface area contributed by atoms with E-state index in [-0.39, 0.29) is 53.0 Å². The molecule has 8 nitrogen and oxygen atoms in total. The zero-order valence-electron chi connectivity index (χ0n) is 29.6. The number of nitrogens with zero attached hydrogens (tertiary/aromatic N) is 5. The molecule has 2 saturated carbocycles. The van der Waals surface area contributed by atoms with E-state index >= 15 is 4.39 Å². The fraction of sp³-hybridized carbons (Fsp3) is 0.381. The largest absolute Gasteiger partial charge is 0.369 e. The second kappa shape index (κ2) is 13.3. The maximum absolute atomic E-state index is 17.2. The number of para-hydroxylation sites is 1. The average molecular weight is 780 g/mol. The first-order chi connectivity index (χ1) is 26.3. The highest BCUT2D eigenvalue weighted by Crippen LogP contribution is 2.51. The van der Waals surface area contributed by atoms with Gasteiger partial charge in [0.15, 0.2) is 5.82 Å². The number of halogens is 3. The van der Waals surface area contributed by atoms with E-state index in [1.54, 1.807) is 29.5 Å².